The Balaban J connectivity index is 1.89. The number of rotatable bonds is 4. The van der Waals surface area contributed by atoms with Crippen molar-refractivity contribution >= 4 is 0 Å². The van der Waals surface area contributed by atoms with Crippen LogP contribution in [0.5, 0.6) is 0 Å². The maximum absolute atomic E-state index is 8.99. The summed E-state index contributed by atoms with van der Waals surface area (Å²) < 4.78 is 1.91. The van der Waals surface area contributed by atoms with Gasteiger partial charge in [0.1, 0.15) is 12.4 Å². The molecule has 1 aromatic rings. The number of aliphatic hydroxyl groups excluding tert-OH is 1. The van der Waals surface area contributed by atoms with Gasteiger partial charge >= 0.3 is 0 Å². The fraction of sp³-hybridized carbons (Fsp3) is 0.818. The first kappa shape index (κ1) is 10.6. The Hall–Kier alpha value is -0.900. The topological polar surface area (TPSA) is 50.9 Å². The van der Waals surface area contributed by atoms with Gasteiger partial charge in [-0.3, -0.25) is 0 Å². The molecular formula is C11H19N3O. The molecule has 0 radical (unpaired) electrons. The molecule has 4 nitrogen and oxygen atoms in total. The summed E-state index contributed by atoms with van der Waals surface area (Å²) in [5, 5.41) is 17.0. The van der Waals surface area contributed by atoms with Crippen LogP contribution in [0, 0.1) is 5.92 Å². The minimum absolute atomic E-state index is 0.0209. The SMILES string of the molecule is Cn1c(CO)nnc1CCC1CCCC1. The molecule has 0 aromatic carbocycles. The van der Waals surface area contributed by atoms with Gasteiger partial charge in [-0.2, -0.15) is 0 Å². The normalized spacial score (nSPS) is 17.5. The van der Waals surface area contributed by atoms with E-state index in [0.717, 1.165) is 18.2 Å². The highest BCUT2D eigenvalue weighted by atomic mass is 16.3. The molecule has 84 valence electrons. The van der Waals surface area contributed by atoms with Gasteiger partial charge in [-0.1, -0.05) is 25.7 Å². The Bertz CT molecular complexity index is 316. The molecule has 1 aliphatic carbocycles. The third-order valence-electron chi connectivity index (χ3n) is 3.45. The third kappa shape index (κ3) is 2.37. The Morgan fingerprint density at radius 1 is 1.27 bits per heavy atom. The van der Waals surface area contributed by atoms with Crippen molar-refractivity contribution in [1.29, 1.82) is 0 Å². The molecule has 1 saturated carbocycles. The summed E-state index contributed by atoms with van der Waals surface area (Å²) in [4.78, 5) is 0. The summed E-state index contributed by atoms with van der Waals surface area (Å²) in [5.41, 5.74) is 0. The van der Waals surface area contributed by atoms with E-state index in [4.69, 9.17) is 5.11 Å². The van der Waals surface area contributed by atoms with Gasteiger partial charge in [-0.15, -0.1) is 10.2 Å². The Morgan fingerprint density at radius 2 is 1.93 bits per heavy atom. The third-order valence-corrected chi connectivity index (χ3v) is 3.45. The number of aryl methyl sites for hydroxylation is 1. The minimum Gasteiger partial charge on any atom is -0.388 e. The lowest BCUT2D eigenvalue weighted by atomic mass is 10.0. The van der Waals surface area contributed by atoms with Crippen LogP contribution in [0.25, 0.3) is 0 Å². The summed E-state index contributed by atoms with van der Waals surface area (Å²) in [6, 6.07) is 0. The summed E-state index contributed by atoms with van der Waals surface area (Å²) in [6.45, 7) is -0.0209. The lowest BCUT2D eigenvalue weighted by Crippen LogP contribution is -2.04. The highest BCUT2D eigenvalue weighted by Gasteiger charge is 2.16. The zero-order valence-electron chi connectivity index (χ0n) is 9.32. The zero-order valence-corrected chi connectivity index (χ0v) is 9.32. The van der Waals surface area contributed by atoms with E-state index >= 15 is 0 Å². The van der Waals surface area contributed by atoms with Crippen LogP contribution in [-0.2, 0) is 20.1 Å². The van der Waals surface area contributed by atoms with Crippen molar-refractivity contribution in [3.63, 3.8) is 0 Å². The van der Waals surface area contributed by atoms with Gasteiger partial charge in [-0.05, 0) is 12.3 Å². The average molecular weight is 209 g/mol. The number of aromatic nitrogens is 3. The highest BCUT2D eigenvalue weighted by Crippen LogP contribution is 2.28. The summed E-state index contributed by atoms with van der Waals surface area (Å²) in [7, 11) is 1.93. The van der Waals surface area contributed by atoms with Gasteiger partial charge in [0.15, 0.2) is 5.82 Å². The maximum atomic E-state index is 8.99. The summed E-state index contributed by atoms with van der Waals surface area (Å²) in [5.74, 6) is 2.56. The largest absolute Gasteiger partial charge is 0.388 e. The molecule has 0 amide bonds. The van der Waals surface area contributed by atoms with Crippen molar-refractivity contribution in [3.05, 3.63) is 11.6 Å². The van der Waals surface area contributed by atoms with Crippen LogP contribution < -0.4 is 0 Å². The van der Waals surface area contributed by atoms with Crippen molar-refractivity contribution in [3.8, 4) is 0 Å². The van der Waals surface area contributed by atoms with Crippen molar-refractivity contribution in [2.24, 2.45) is 13.0 Å². The number of hydrogen-bond acceptors (Lipinski definition) is 3. The second-order valence-corrected chi connectivity index (χ2v) is 4.44. The predicted octanol–water partition coefficient (Wildman–Crippen LogP) is 1.43. The van der Waals surface area contributed by atoms with E-state index in [1.165, 1.54) is 32.1 Å². The smallest absolute Gasteiger partial charge is 0.158 e. The van der Waals surface area contributed by atoms with Crippen LogP contribution in [0.3, 0.4) is 0 Å². The molecular weight excluding hydrogens is 190 g/mol. The first-order valence-electron chi connectivity index (χ1n) is 5.79. The molecule has 15 heavy (non-hydrogen) atoms. The second-order valence-electron chi connectivity index (χ2n) is 4.44. The van der Waals surface area contributed by atoms with Gasteiger partial charge in [-0.25, -0.2) is 0 Å². The molecule has 1 heterocycles. The van der Waals surface area contributed by atoms with Crippen LogP contribution in [0.15, 0.2) is 0 Å². The number of nitrogens with zero attached hydrogens (tertiary/aromatic N) is 3. The molecule has 0 unspecified atom stereocenters. The highest BCUT2D eigenvalue weighted by molar-refractivity contribution is 4.94. The van der Waals surface area contributed by atoms with Crippen molar-refractivity contribution < 1.29 is 5.11 Å². The molecule has 0 saturated heterocycles. The monoisotopic (exact) mass is 209 g/mol. The van der Waals surface area contributed by atoms with Crippen LogP contribution in [0.2, 0.25) is 0 Å². The van der Waals surface area contributed by atoms with E-state index in [9.17, 15) is 0 Å². The van der Waals surface area contributed by atoms with Crippen LogP contribution >= 0.6 is 0 Å². The number of aliphatic hydroxyl groups is 1. The molecule has 0 spiro atoms. The molecule has 1 N–H and O–H groups in total. The zero-order chi connectivity index (χ0) is 10.7. The Labute approximate surface area is 90.3 Å². The maximum Gasteiger partial charge on any atom is 0.158 e. The van der Waals surface area contributed by atoms with Gasteiger partial charge < -0.3 is 9.67 Å². The minimum atomic E-state index is -0.0209. The van der Waals surface area contributed by atoms with Crippen molar-refractivity contribution in [2.45, 2.75) is 45.1 Å². The molecule has 1 fully saturated rings. The van der Waals surface area contributed by atoms with Crippen LogP contribution in [0.1, 0.15) is 43.8 Å². The molecule has 0 atom stereocenters. The van der Waals surface area contributed by atoms with E-state index in [0.29, 0.717) is 5.82 Å². The molecule has 0 bridgehead atoms. The van der Waals surface area contributed by atoms with Gasteiger partial charge in [0, 0.05) is 13.5 Å². The molecule has 0 aliphatic heterocycles. The Morgan fingerprint density at radius 3 is 2.53 bits per heavy atom. The van der Waals surface area contributed by atoms with Crippen LogP contribution in [0.4, 0.5) is 0 Å². The summed E-state index contributed by atoms with van der Waals surface area (Å²) >= 11 is 0. The first-order chi connectivity index (χ1) is 7.31. The van der Waals surface area contributed by atoms with E-state index in [2.05, 4.69) is 10.2 Å². The molecule has 1 aromatic heterocycles. The predicted molar refractivity (Wildman–Crippen MR) is 57.2 cm³/mol. The van der Waals surface area contributed by atoms with Crippen molar-refractivity contribution in [1.82, 2.24) is 14.8 Å². The molecule has 2 rings (SSSR count). The molecule has 1 aliphatic rings. The van der Waals surface area contributed by atoms with Gasteiger partial charge in [0.2, 0.25) is 0 Å². The van der Waals surface area contributed by atoms with Crippen molar-refractivity contribution in [2.75, 3.05) is 0 Å². The van der Waals surface area contributed by atoms with Gasteiger partial charge in [0.05, 0.1) is 0 Å². The average Bonchev–Trinajstić information content (AvgIpc) is 2.85. The standard InChI is InChI=1S/C11H19N3O/c1-14-10(12-13-11(14)8-15)7-6-9-4-2-3-5-9/h9,15H,2-8H2,1H3. The molecule has 4 heteroatoms. The summed E-state index contributed by atoms with van der Waals surface area (Å²) in [6.07, 6.45) is 7.76. The van der Waals surface area contributed by atoms with E-state index in [1.807, 2.05) is 11.6 Å². The Kier molecular flexibility index (Phi) is 3.36. The van der Waals surface area contributed by atoms with E-state index in [-0.39, 0.29) is 6.61 Å². The van der Waals surface area contributed by atoms with Gasteiger partial charge in [0.25, 0.3) is 0 Å². The van der Waals surface area contributed by atoms with E-state index < -0.39 is 0 Å². The first-order valence-corrected chi connectivity index (χ1v) is 5.79. The van der Waals surface area contributed by atoms with E-state index in [1.54, 1.807) is 0 Å². The second kappa shape index (κ2) is 4.75. The number of hydrogen-bond donors (Lipinski definition) is 1. The lowest BCUT2D eigenvalue weighted by molar-refractivity contribution is 0.266. The van der Waals surface area contributed by atoms with Crippen LogP contribution in [-0.4, -0.2) is 19.9 Å². The fourth-order valence-corrected chi connectivity index (χ4v) is 2.39. The fourth-order valence-electron chi connectivity index (χ4n) is 2.39. The lowest BCUT2D eigenvalue weighted by Gasteiger charge is -2.07. The quantitative estimate of drug-likeness (QED) is 0.816.